The van der Waals surface area contributed by atoms with Crippen LogP contribution in [0.3, 0.4) is 0 Å². The smallest absolute Gasteiger partial charge is 0.246 e. The minimum absolute atomic E-state index is 0. The molecule has 1 aromatic carbocycles. The minimum atomic E-state index is -3.50. The van der Waals surface area contributed by atoms with Gasteiger partial charge in [-0.05, 0) is 57.0 Å². The van der Waals surface area contributed by atoms with E-state index < -0.39 is 10.0 Å². The Kier molecular flexibility index (Phi) is 7.12. The van der Waals surface area contributed by atoms with Crippen LogP contribution in [-0.2, 0) is 10.0 Å². The van der Waals surface area contributed by atoms with Gasteiger partial charge in [0, 0.05) is 13.1 Å². The number of sulfonamides is 1. The van der Waals surface area contributed by atoms with Gasteiger partial charge in [-0.3, -0.25) is 0 Å². The first-order valence-corrected chi connectivity index (χ1v) is 8.72. The molecule has 0 aliphatic carbocycles. The maximum Gasteiger partial charge on any atom is 0.246 e. The molecule has 0 spiro atoms. The predicted octanol–water partition coefficient (Wildman–Crippen LogP) is 2.05. The zero-order valence-electron chi connectivity index (χ0n) is 13.3. The summed E-state index contributed by atoms with van der Waals surface area (Å²) in [6.45, 7) is 3.88. The van der Waals surface area contributed by atoms with Crippen molar-refractivity contribution in [3.05, 3.63) is 23.8 Å². The summed E-state index contributed by atoms with van der Waals surface area (Å²) in [5.74, 6) is 0.783. The van der Waals surface area contributed by atoms with E-state index in [9.17, 15) is 8.42 Å². The van der Waals surface area contributed by atoms with E-state index in [1.165, 1.54) is 7.11 Å². The summed E-state index contributed by atoms with van der Waals surface area (Å²) in [6, 6.07) is 5.27. The van der Waals surface area contributed by atoms with Crippen molar-refractivity contribution in [2.75, 3.05) is 33.8 Å². The minimum Gasteiger partial charge on any atom is -0.495 e. The molecular weight excluding hydrogens is 324 g/mol. The Hall–Kier alpha value is -0.820. The molecule has 1 aliphatic rings. The van der Waals surface area contributed by atoms with Gasteiger partial charge in [-0.2, -0.15) is 4.31 Å². The largest absolute Gasteiger partial charge is 0.495 e. The summed E-state index contributed by atoms with van der Waals surface area (Å²) >= 11 is 0. The molecule has 0 aromatic heterocycles. The van der Waals surface area contributed by atoms with Crippen LogP contribution >= 0.6 is 12.4 Å². The highest BCUT2D eigenvalue weighted by Gasteiger charge is 2.32. The Morgan fingerprint density at radius 1 is 1.41 bits per heavy atom. The van der Waals surface area contributed by atoms with Crippen LogP contribution in [0.15, 0.2) is 23.1 Å². The van der Waals surface area contributed by atoms with E-state index in [0.29, 0.717) is 24.8 Å². The molecule has 1 N–H and O–H groups in total. The lowest BCUT2D eigenvalue weighted by Gasteiger charge is -2.32. The lowest BCUT2D eigenvalue weighted by atomic mass is 10.00. The number of rotatable bonds is 5. The molecule has 7 heteroatoms. The van der Waals surface area contributed by atoms with Crippen LogP contribution in [0.2, 0.25) is 0 Å². The van der Waals surface area contributed by atoms with Gasteiger partial charge in [-0.15, -0.1) is 12.4 Å². The third kappa shape index (κ3) is 4.13. The summed E-state index contributed by atoms with van der Waals surface area (Å²) in [4.78, 5) is 0.273. The molecule has 126 valence electrons. The van der Waals surface area contributed by atoms with Gasteiger partial charge < -0.3 is 10.1 Å². The van der Waals surface area contributed by atoms with Gasteiger partial charge in [0.15, 0.2) is 0 Å². The SMILES string of the molecule is CNCC1CCCN(S(=O)(=O)c2cc(C)ccc2OC)C1.Cl. The molecule has 5 nitrogen and oxygen atoms in total. The second-order valence-corrected chi connectivity index (χ2v) is 7.49. The number of halogens is 1. The number of nitrogens with one attached hydrogen (secondary N) is 1. The third-order valence-corrected chi connectivity index (χ3v) is 5.80. The third-order valence-electron chi connectivity index (χ3n) is 3.91. The topological polar surface area (TPSA) is 58.6 Å². The first kappa shape index (κ1) is 19.2. The van der Waals surface area contributed by atoms with Crippen LogP contribution < -0.4 is 10.1 Å². The maximum atomic E-state index is 12.9. The van der Waals surface area contributed by atoms with Gasteiger partial charge in [-0.1, -0.05) is 6.07 Å². The number of hydrogen-bond donors (Lipinski definition) is 1. The van der Waals surface area contributed by atoms with E-state index >= 15 is 0 Å². The normalized spacial score (nSPS) is 19.5. The Morgan fingerprint density at radius 3 is 2.77 bits per heavy atom. The van der Waals surface area contributed by atoms with Crippen molar-refractivity contribution in [1.82, 2.24) is 9.62 Å². The zero-order valence-corrected chi connectivity index (χ0v) is 15.0. The molecule has 1 unspecified atom stereocenters. The van der Waals surface area contributed by atoms with Crippen LogP contribution in [-0.4, -0.2) is 46.5 Å². The van der Waals surface area contributed by atoms with Gasteiger partial charge in [-0.25, -0.2) is 8.42 Å². The average Bonchev–Trinajstić information content (AvgIpc) is 2.48. The molecule has 1 aromatic rings. The fourth-order valence-corrected chi connectivity index (χ4v) is 4.62. The maximum absolute atomic E-state index is 12.9. The first-order chi connectivity index (χ1) is 9.98. The summed E-state index contributed by atoms with van der Waals surface area (Å²) < 4.78 is 32.6. The van der Waals surface area contributed by atoms with E-state index in [-0.39, 0.29) is 17.3 Å². The van der Waals surface area contributed by atoms with Crippen LogP contribution in [0, 0.1) is 12.8 Å². The predicted molar refractivity (Wildman–Crippen MR) is 90.4 cm³/mol. The van der Waals surface area contributed by atoms with Gasteiger partial charge in [0.2, 0.25) is 10.0 Å². The molecule has 0 bridgehead atoms. The van der Waals surface area contributed by atoms with E-state index in [4.69, 9.17) is 4.74 Å². The number of ether oxygens (including phenoxy) is 1. The van der Waals surface area contributed by atoms with E-state index in [1.807, 2.05) is 20.0 Å². The molecule has 1 fully saturated rings. The fourth-order valence-electron chi connectivity index (χ4n) is 2.83. The molecule has 0 saturated carbocycles. The Morgan fingerprint density at radius 2 is 2.14 bits per heavy atom. The Labute approximate surface area is 139 Å². The molecule has 1 saturated heterocycles. The van der Waals surface area contributed by atoms with Crippen LogP contribution in [0.5, 0.6) is 5.75 Å². The number of aryl methyl sites for hydroxylation is 1. The molecule has 1 heterocycles. The Balaban J connectivity index is 0.00000242. The second kappa shape index (κ2) is 8.15. The number of piperidine rings is 1. The van der Waals surface area contributed by atoms with Crippen molar-refractivity contribution in [3.8, 4) is 5.75 Å². The number of methoxy groups -OCH3 is 1. The highest BCUT2D eigenvalue weighted by Crippen LogP contribution is 2.30. The summed E-state index contributed by atoms with van der Waals surface area (Å²) in [5, 5.41) is 3.13. The molecule has 1 aliphatic heterocycles. The van der Waals surface area contributed by atoms with Crippen LogP contribution in [0.1, 0.15) is 18.4 Å². The summed E-state index contributed by atoms with van der Waals surface area (Å²) in [7, 11) is -0.0945. The molecule has 22 heavy (non-hydrogen) atoms. The first-order valence-electron chi connectivity index (χ1n) is 7.28. The van der Waals surface area contributed by atoms with Crippen molar-refractivity contribution >= 4 is 22.4 Å². The van der Waals surface area contributed by atoms with Gasteiger partial charge in [0.25, 0.3) is 0 Å². The lowest BCUT2D eigenvalue weighted by molar-refractivity contribution is 0.262. The molecule has 2 rings (SSSR count). The van der Waals surface area contributed by atoms with Gasteiger partial charge in [0.05, 0.1) is 7.11 Å². The van der Waals surface area contributed by atoms with E-state index in [1.54, 1.807) is 16.4 Å². The van der Waals surface area contributed by atoms with Crippen LogP contribution in [0.25, 0.3) is 0 Å². The summed E-state index contributed by atoms with van der Waals surface area (Å²) in [6.07, 6.45) is 1.97. The highest BCUT2D eigenvalue weighted by molar-refractivity contribution is 7.89. The number of benzene rings is 1. The fraction of sp³-hybridized carbons (Fsp3) is 0.600. The quantitative estimate of drug-likeness (QED) is 0.884. The monoisotopic (exact) mass is 348 g/mol. The van der Waals surface area contributed by atoms with Crippen molar-refractivity contribution in [2.24, 2.45) is 5.92 Å². The van der Waals surface area contributed by atoms with Gasteiger partial charge in [0.1, 0.15) is 10.6 Å². The Bertz CT molecular complexity index is 590. The average molecular weight is 349 g/mol. The highest BCUT2D eigenvalue weighted by atomic mass is 35.5. The molecule has 0 amide bonds. The van der Waals surface area contributed by atoms with Crippen molar-refractivity contribution in [3.63, 3.8) is 0 Å². The van der Waals surface area contributed by atoms with Crippen molar-refractivity contribution < 1.29 is 13.2 Å². The van der Waals surface area contributed by atoms with Gasteiger partial charge >= 0.3 is 0 Å². The number of nitrogens with zero attached hydrogens (tertiary/aromatic N) is 1. The van der Waals surface area contributed by atoms with E-state index in [0.717, 1.165) is 24.9 Å². The lowest BCUT2D eigenvalue weighted by Crippen LogP contribution is -2.42. The number of hydrogen-bond acceptors (Lipinski definition) is 4. The second-order valence-electron chi connectivity index (χ2n) is 5.58. The zero-order chi connectivity index (χ0) is 15.5. The van der Waals surface area contributed by atoms with E-state index in [2.05, 4.69) is 5.32 Å². The van der Waals surface area contributed by atoms with Crippen LogP contribution in [0.4, 0.5) is 0 Å². The van der Waals surface area contributed by atoms with Crippen molar-refractivity contribution in [2.45, 2.75) is 24.7 Å². The molecular formula is C15H25ClN2O3S. The molecule has 1 atom stereocenters. The summed E-state index contributed by atoms with van der Waals surface area (Å²) in [5.41, 5.74) is 0.915. The van der Waals surface area contributed by atoms with Crippen molar-refractivity contribution in [1.29, 1.82) is 0 Å². The molecule has 0 radical (unpaired) electrons. The standard InChI is InChI=1S/C15H24N2O3S.ClH/c1-12-6-7-14(20-3)15(9-12)21(18,19)17-8-4-5-13(11-17)10-16-2;/h6-7,9,13,16H,4-5,8,10-11H2,1-3H3;1H.